The van der Waals surface area contributed by atoms with E-state index >= 15 is 0 Å². The van der Waals surface area contributed by atoms with Gasteiger partial charge in [0.2, 0.25) is 11.7 Å². The van der Waals surface area contributed by atoms with Gasteiger partial charge in [0, 0.05) is 5.92 Å². The van der Waals surface area contributed by atoms with Crippen molar-refractivity contribution < 1.29 is 39.9 Å². The Balaban J connectivity index is 2.20. The van der Waals surface area contributed by atoms with E-state index in [4.69, 9.17) is 14.9 Å². The molecule has 2 aliphatic rings. The van der Waals surface area contributed by atoms with E-state index < -0.39 is 48.8 Å². The Labute approximate surface area is 125 Å². The van der Waals surface area contributed by atoms with E-state index in [-0.39, 0.29) is 11.8 Å². The van der Waals surface area contributed by atoms with Crippen molar-refractivity contribution in [2.45, 2.75) is 43.3 Å². The van der Waals surface area contributed by atoms with Gasteiger partial charge in [-0.15, -0.1) is 0 Å². The highest BCUT2D eigenvalue weighted by Crippen LogP contribution is 2.30. The van der Waals surface area contributed by atoms with Crippen LogP contribution in [0.2, 0.25) is 0 Å². The number of carboxylic acid groups (broad SMARTS) is 1. The second-order valence-corrected chi connectivity index (χ2v) is 5.46. The molecule has 1 amide bonds. The largest absolute Gasteiger partial charge is 0.478 e. The fourth-order valence-electron chi connectivity index (χ4n) is 2.24. The molecule has 0 aromatic heterocycles. The number of rotatable bonds is 6. The average molecular weight is 317 g/mol. The molecule has 5 atom stereocenters. The summed E-state index contributed by atoms with van der Waals surface area (Å²) in [4.78, 5) is 22.8. The Morgan fingerprint density at radius 3 is 2.50 bits per heavy atom. The van der Waals surface area contributed by atoms with Gasteiger partial charge in [0.25, 0.3) is 0 Å². The summed E-state index contributed by atoms with van der Waals surface area (Å²) in [6, 6.07) is -1.13. The summed E-state index contributed by atoms with van der Waals surface area (Å²) in [5.74, 6) is -2.56. The zero-order chi connectivity index (χ0) is 16.4. The van der Waals surface area contributed by atoms with E-state index in [1.54, 1.807) is 0 Å². The van der Waals surface area contributed by atoms with Crippen LogP contribution in [0.3, 0.4) is 0 Å². The Bertz CT molecular complexity index is 475. The minimum Gasteiger partial charge on any atom is -0.478 e. The minimum absolute atomic E-state index is 0.169. The van der Waals surface area contributed by atoms with Gasteiger partial charge < -0.3 is 35.6 Å². The maximum Gasteiger partial charge on any atom is 0.370 e. The van der Waals surface area contributed by atoms with E-state index in [9.17, 15) is 24.9 Å². The average Bonchev–Trinajstić information content (AvgIpc) is 3.31. The van der Waals surface area contributed by atoms with E-state index in [1.807, 2.05) is 0 Å². The van der Waals surface area contributed by atoms with Gasteiger partial charge in [-0.2, -0.15) is 0 Å². The van der Waals surface area contributed by atoms with Crippen molar-refractivity contribution in [3.63, 3.8) is 0 Å². The number of nitrogens with one attached hydrogen (secondary N) is 1. The summed E-state index contributed by atoms with van der Waals surface area (Å²) >= 11 is 0. The second-order valence-electron chi connectivity index (χ2n) is 5.46. The van der Waals surface area contributed by atoms with Crippen LogP contribution in [-0.4, -0.2) is 74.5 Å². The lowest BCUT2D eigenvalue weighted by molar-refractivity contribution is -0.149. The summed E-state index contributed by atoms with van der Waals surface area (Å²) < 4.78 is 5.08. The summed E-state index contributed by atoms with van der Waals surface area (Å²) in [6.45, 7) is -0.785. The third kappa shape index (κ3) is 3.55. The number of carbonyl (C=O) groups excluding carboxylic acids is 1. The molecular formula is C13H19NO8. The lowest BCUT2D eigenvalue weighted by atomic mass is 9.93. The Morgan fingerprint density at radius 2 is 2.00 bits per heavy atom. The third-order valence-electron chi connectivity index (χ3n) is 3.69. The van der Waals surface area contributed by atoms with Crippen molar-refractivity contribution in [3.8, 4) is 0 Å². The molecule has 0 spiro atoms. The van der Waals surface area contributed by atoms with Crippen LogP contribution in [0, 0.1) is 5.92 Å². The van der Waals surface area contributed by atoms with E-state index in [0.717, 1.165) is 18.9 Å². The van der Waals surface area contributed by atoms with Gasteiger partial charge in [-0.25, -0.2) is 4.79 Å². The Hall–Kier alpha value is -1.68. The monoisotopic (exact) mass is 317 g/mol. The van der Waals surface area contributed by atoms with Crippen molar-refractivity contribution in [1.29, 1.82) is 0 Å². The predicted molar refractivity (Wildman–Crippen MR) is 70.4 cm³/mol. The number of aliphatic carboxylic acids is 1. The van der Waals surface area contributed by atoms with Crippen LogP contribution in [0.4, 0.5) is 0 Å². The van der Waals surface area contributed by atoms with Gasteiger partial charge in [0.05, 0.1) is 12.6 Å². The molecule has 1 heterocycles. The molecule has 0 bridgehead atoms. The molecule has 1 aliphatic heterocycles. The van der Waals surface area contributed by atoms with Crippen LogP contribution >= 0.6 is 0 Å². The second kappa shape index (κ2) is 6.61. The van der Waals surface area contributed by atoms with Crippen LogP contribution in [0.15, 0.2) is 11.8 Å². The molecule has 2 rings (SSSR count). The van der Waals surface area contributed by atoms with Crippen LogP contribution < -0.4 is 5.32 Å². The molecule has 0 radical (unpaired) electrons. The smallest absolute Gasteiger partial charge is 0.370 e. The van der Waals surface area contributed by atoms with Gasteiger partial charge >= 0.3 is 5.97 Å². The number of carbonyl (C=O) groups is 2. The molecule has 0 aromatic carbocycles. The Kier molecular flexibility index (Phi) is 5.01. The molecule has 9 nitrogen and oxygen atoms in total. The first-order valence-electron chi connectivity index (χ1n) is 6.92. The van der Waals surface area contributed by atoms with Crippen LogP contribution in [-0.2, 0) is 14.3 Å². The fraction of sp³-hybridized carbons (Fsp3) is 0.692. The molecule has 0 saturated heterocycles. The van der Waals surface area contributed by atoms with Crippen molar-refractivity contribution >= 4 is 11.9 Å². The van der Waals surface area contributed by atoms with Crippen molar-refractivity contribution in [3.05, 3.63) is 11.8 Å². The van der Waals surface area contributed by atoms with Gasteiger partial charge in [-0.05, 0) is 18.9 Å². The van der Waals surface area contributed by atoms with Gasteiger partial charge in [0.15, 0.2) is 6.10 Å². The standard InChI is InChI=1S/C13H19NO8/c15-4-7(17)10(18)11-9(14-12(19)5-1-2-5)6(16)3-8(22-11)13(20)21/h3,5-7,9-11,15-18H,1-2,4H2,(H,14,19)(H,20,21)/t6-,7+,9+,10+,11+/m0/s1. The van der Waals surface area contributed by atoms with E-state index in [2.05, 4.69) is 5.32 Å². The Morgan fingerprint density at radius 1 is 1.36 bits per heavy atom. The van der Waals surface area contributed by atoms with E-state index in [1.165, 1.54) is 0 Å². The van der Waals surface area contributed by atoms with Gasteiger partial charge in [-0.3, -0.25) is 4.79 Å². The first-order valence-corrected chi connectivity index (χ1v) is 6.92. The number of aliphatic hydroxyl groups excluding tert-OH is 4. The zero-order valence-corrected chi connectivity index (χ0v) is 11.6. The summed E-state index contributed by atoms with van der Waals surface area (Å²) in [5.41, 5.74) is 0. The first-order chi connectivity index (χ1) is 10.3. The first kappa shape index (κ1) is 16.7. The number of hydrogen-bond acceptors (Lipinski definition) is 7. The minimum atomic E-state index is -1.69. The molecule has 0 aromatic rings. The number of amides is 1. The maximum atomic E-state index is 11.8. The zero-order valence-electron chi connectivity index (χ0n) is 11.6. The van der Waals surface area contributed by atoms with Crippen molar-refractivity contribution in [2.75, 3.05) is 6.61 Å². The van der Waals surface area contributed by atoms with Crippen molar-refractivity contribution in [2.24, 2.45) is 5.92 Å². The molecule has 0 unspecified atom stereocenters. The summed E-state index contributed by atoms with van der Waals surface area (Å²) in [6.07, 6.45) is -3.76. The van der Waals surface area contributed by atoms with E-state index in [0.29, 0.717) is 0 Å². The molecule has 1 aliphatic carbocycles. The number of aliphatic hydroxyl groups is 4. The molecule has 1 saturated carbocycles. The summed E-state index contributed by atoms with van der Waals surface area (Å²) in [7, 11) is 0. The van der Waals surface area contributed by atoms with Crippen LogP contribution in [0.5, 0.6) is 0 Å². The lowest BCUT2D eigenvalue weighted by Gasteiger charge is -2.38. The lowest BCUT2D eigenvalue weighted by Crippen LogP contribution is -2.60. The normalized spacial score (nSPS) is 30.7. The number of ether oxygens (including phenoxy) is 1. The molecular weight excluding hydrogens is 298 g/mol. The highest BCUT2D eigenvalue weighted by Gasteiger charge is 2.44. The predicted octanol–water partition coefficient (Wildman–Crippen LogP) is -2.68. The van der Waals surface area contributed by atoms with Crippen LogP contribution in [0.1, 0.15) is 12.8 Å². The van der Waals surface area contributed by atoms with Gasteiger partial charge in [0.1, 0.15) is 18.3 Å². The summed E-state index contributed by atoms with van der Waals surface area (Å²) in [5, 5.41) is 49.9. The quantitative estimate of drug-likeness (QED) is 0.309. The topological polar surface area (TPSA) is 157 Å². The molecule has 1 fully saturated rings. The van der Waals surface area contributed by atoms with Gasteiger partial charge in [-0.1, -0.05) is 0 Å². The van der Waals surface area contributed by atoms with Crippen molar-refractivity contribution in [1.82, 2.24) is 5.32 Å². The molecule has 22 heavy (non-hydrogen) atoms. The highest BCUT2D eigenvalue weighted by atomic mass is 16.5. The SMILES string of the molecule is O=C(O)C1=C[C@H](O)[C@@H](NC(=O)C2CC2)[C@H]([C@H](O)[C@H](O)CO)O1. The fourth-order valence-corrected chi connectivity index (χ4v) is 2.24. The third-order valence-corrected chi connectivity index (χ3v) is 3.69. The molecule has 9 heteroatoms. The van der Waals surface area contributed by atoms with Crippen LogP contribution in [0.25, 0.3) is 0 Å². The number of carboxylic acids is 1. The highest BCUT2D eigenvalue weighted by molar-refractivity contribution is 5.85. The molecule has 6 N–H and O–H groups in total. The maximum absolute atomic E-state index is 11.8. The number of hydrogen-bond donors (Lipinski definition) is 6. The molecule has 124 valence electrons.